The van der Waals surface area contributed by atoms with Gasteiger partial charge in [-0.2, -0.15) is 4.36 Å². The fourth-order valence-electron chi connectivity index (χ4n) is 3.12. The molecule has 3 rings (SSSR count). The van der Waals surface area contributed by atoms with Crippen LogP contribution < -0.4 is 5.46 Å². The van der Waals surface area contributed by atoms with Gasteiger partial charge in [-0.25, -0.2) is 13.0 Å². The van der Waals surface area contributed by atoms with Gasteiger partial charge < -0.3 is 4.74 Å². The van der Waals surface area contributed by atoms with Crippen LogP contribution in [-0.2, 0) is 21.8 Å². The lowest BCUT2D eigenvalue weighted by Crippen LogP contribution is -2.01. The fourth-order valence-corrected chi connectivity index (χ4v) is 4.25. The van der Waals surface area contributed by atoms with E-state index < -0.39 is 17.0 Å². The van der Waals surface area contributed by atoms with Crippen LogP contribution in [0.2, 0.25) is 5.02 Å². The first-order valence-electron chi connectivity index (χ1n) is 9.47. The van der Waals surface area contributed by atoms with Crippen molar-refractivity contribution in [1.29, 1.82) is 0 Å². The largest absolute Gasteiger partial charge is 0.497 e. The molecule has 0 radical (unpaired) electrons. The standard InChI is InChI=1S/C23H21BClF2NO2S/c1-14(30-2)16-5-8-21(22(25)12-16)17-10-18(24)13-19(11-17)28-31(29)20-6-3-15(4-7-20)9-23(26)27/h3-8,10-13,23,31H,1,9,24H2,2H3. The lowest BCUT2D eigenvalue weighted by Gasteiger charge is -2.10. The smallest absolute Gasteiger partial charge is 0.242 e. The molecule has 0 aromatic heterocycles. The first kappa shape index (κ1) is 23.0. The summed E-state index contributed by atoms with van der Waals surface area (Å²) in [5.41, 5.74) is 4.42. The highest BCUT2D eigenvalue weighted by Gasteiger charge is 2.09. The van der Waals surface area contributed by atoms with Crippen molar-refractivity contribution in [1.82, 2.24) is 0 Å². The Balaban J connectivity index is 1.92. The molecule has 0 aliphatic rings. The van der Waals surface area contributed by atoms with E-state index in [2.05, 4.69) is 10.9 Å². The highest BCUT2D eigenvalue weighted by Crippen LogP contribution is 2.32. The Labute approximate surface area is 188 Å². The van der Waals surface area contributed by atoms with Gasteiger partial charge >= 0.3 is 0 Å². The van der Waals surface area contributed by atoms with Gasteiger partial charge in [-0.1, -0.05) is 54.0 Å². The van der Waals surface area contributed by atoms with Gasteiger partial charge in [0.1, 0.15) is 13.6 Å². The number of thiol groups is 1. The number of ether oxygens (including phenoxy) is 1. The molecule has 0 fully saturated rings. The molecule has 0 bridgehead atoms. The van der Waals surface area contributed by atoms with Crippen molar-refractivity contribution >= 4 is 47.0 Å². The van der Waals surface area contributed by atoms with Crippen molar-refractivity contribution in [3.8, 4) is 11.1 Å². The Morgan fingerprint density at radius 2 is 1.87 bits per heavy atom. The van der Waals surface area contributed by atoms with Gasteiger partial charge in [-0.05, 0) is 41.5 Å². The zero-order valence-electron chi connectivity index (χ0n) is 17.1. The summed E-state index contributed by atoms with van der Waals surface area (Å²) in [6.07, 6.45) is -2.74. The fraction of sp³-hybridized carbons (Fsp3) is 0.130. The zero-order valence-corrected chi connectivity index (χ0v) is 18.8. The third kappa shape index (κ3) is 5.96. The molecule has 0 amide bonds. The van der Waals surface area contributed by atoms with E-state index in [4.69, 9.17) is 16.3 Å². The van der Waals surface area contributed by atoms with Gasteiger partial charge in [0.2, 0.25) is 6.43 Å². The van der Waals surface area contributed by atoms with Crippen molar-refractivity contribution in [2.45, 2.75) is 17.7 Å². The third-order valence-corrected chi connectivity index (χ3v) is 6.13. The molecule has 0 spiro atoms. The van der Waals surface area contributed by atoms with Gasteiger partial charge in [0.15, 0.2) is 0 Å². The number of hydrogen-bond donors (Lipinski definition) is 1. The number of methoxy groups -OCH3 is 1. The lowest BCUT2D eigenvalue weighted by atomic mass is 9.91. The SMILES string of the molecule is Bc1cc(/N=[SH](=O)\c2ccc(CC(F)F)cc2)cc(-c2ccc(C(=C)OC)cc2Cl)c1. The van der Waals surface area contributed by atoms with Crippen molar-refractivity contribution in [3.05, 3.63) is 83.4 Å². The number of nitrogens with zero attached hydrogens (tertiary/aromatic N) is 1. The maximum absolute atomic E-state index is 12.7. The first-order valence-corrected chi connectivity index (χ1v) is 11.1. The van der Waals surface area contributed by atoms with Gasteiger partial charge in [-0.3, -0.25) is 0 Å². The molecule has 3 aromatic rings. The molecule has 8 heteroatoms. The molecule has 0 N–H and O–H groups in total. The molecule has 0 saturated carbocycles. The molecule has 0 heterocycles. The van der Waals surface area contributed by atoms with Crippen LogP contribution in [0.15, 0.2) is 76.5 Å². The van der Waals surface area contributed by atoms with E-state index in [9.17, 15) is 13.0 Å². The molecule has 0 saturated heterocycles. The van der Waals surface area contributed by atoms with E-state index in [1.807, 2.05) is 38.2 Å². The summed E-state index contributed by atoms with van der Waals surface area (Å²) < 4.78 is 47.2. The van der Waals surface area contributed by atoms with Gasteiger partial charge in [0.25, 0.3) is 0 Å². The minimum absolute atomic E-state index is 0.327. The second-order valence-corrected chi connectivity index (χ2v) is 8.68. The quantitative estimate of drug-likeness (QED) is 0.305. The van der Waals surface area contributed by atoms with E-state index >= 15 is 0 Å². The van der Waals surface area contributed by atoms with Crippen LogP contribution >= 0.6 is 11.6 Å². The van der Waals surface area contributed by atoms with Crippen LogP contribution in [0.5, 0.6) is 0 Å². The van der Waals surface area contributed by atoms with E-state index in [1.165, 1.54) is 0 Å². The van der Waals surface area contributed by atoms with Crippen LogP contribution in [0, 0.1) is 0 Å². The van der Waals surface area contributed by atoms with Crippen LogP contribution in [0.3, 0.4) is 0 Å². The summed E-state index contributed by atoms with van der Waals surface area (Å²) in [5, 5.41) is 0.534. The van der Waals surface area contributed by atoms with Gasteiger partial charge in [0, 0.05) is 27.5 Å². The summed E-state index contributed by atoms with van der Waals surface area (Å²) in [6.45, 7) is 3.83. The minimum atomic E-state index is -2.41. The second kappa shape index (κ2) is 10.1. The van der Waals surface area contributed by atoms with Gasteiger partial charge in [0.05, 0.1) is 23.4 Å². The number of rotatable bonds is 7. The molecule has 0 aliphatic heterocycles. The summed E-state index contributed by atoms with van der Waals surface area (Å²) >= 11 is 6.48. The molecule has 3 nitrogen and oxygen atoms in total. The Hall–Kier alpha value is -2.64. The summed E-state index contributed by atoms with van der Waals surface area (Å²) in [7, 11) is 1.39. The second-order valence-electron chi connectivity index (χ2n) is 7.01. The predicted octanol–water partition coefficient (Wildman–Crippen LogP) is 5.05. The van der Waals surface area contributed by atoms with E-state index in [1.54, 1.807) is 37.4 Å². The van der Waals surface area contributed by atoms with E-state index in [0.717, 1.165) is 22.2 Å². The maximum atomic E-state index is 12.7. The summed E-state index contributed by atoms with van der Waals surface area (Å²) in [6, 6.07) is 17.4. The van der Waals surface area contributed by atoms with E-state index in [-0.39, 0.29) is 6.42 Å². The molecular formula is C23H21BClF2NO2S. The van der Waals surface area contributed by atoms with Crippen LogP contribution in [-0.4, -0.2) is 25.6 Å². The Bertz CT molecular complexity index is 1190. The monoisotopic (exact) mass is 459 g/mol. The zero-order chi connectivity index (χ0) is 22.5. The van der Waals surface area contributed by atoms with Crippen LogP contribution in [0.1, 0.15) is 11.1 Å². The van der Waals surface area contributed by atoms with Crippen molar-refractivity contribution in [2.75, 3.05) is 7.11 Å². The van der Waals surface area contributed by atoms with Crippen molar-refractivity contribution in [2.24, 2.45) is 4.36 Å². The number of alkyl halides is 2. The Kier molecular flexibility index (Phi) is 7.52. The maximum Gasteiger partial charge on any atom is 0.242 e. The van der Waals surface area contributed by atoms with Gasteiger partial charge in [-0.15, -0.1) is 0 Å². The Morgan fingerprint density at radius 3 is 2.48 bits per heavy atom. The molecule has 1 atom stereocenters. The third-order valence-electron chi connectivity index (χ3n) is 4.66. The highest BCUT2D eigenvalue weighted by molar-refractivity contribution is 7.75. The first-order chi connectivity index (χ1) is 14.8. The molecule has 0 aliphatic carbocycles. The summed E-state index contributed by atoms with van der Waals surface area (Å²) in [5.74, 6) is 0.518. The number of benzene rings is 3. The summed E-state index contributed by atoms with van der Waals surface area (Å²) in [4.78, 5) is 0.483. The average molecular weight is 460 g/mol. The number of hydrogen-bond acceptors (Lipinski definition) is 3. The molecular weight excluding hydrogens is 439 g/mol. The van der Waals surface area contributed by atoms with Crippen molar-refractivity contribution < 1.29 is 17.7 Å². The topological polar surface area (TPSA) is 38.7 Å². The minimum Gasteiger partial charge on any atom is -0.497 e. The lowest BCUT2D eigenvalue weighted by molar-refractivity contribution is 0.149. The van der Waals surface area contributed by atoms with Crippen LogP contribution in [0.25, 0.3) is 16.9 Å². The predicted molar refractivity (Wildman–Crippen MR) is 127 cm³/mol. The van der Waals surface area contributed by atoms with Crippen LogP contribution in [0.4, 0.5) is 14.5 Å². The molecule has 31 heavy (non-hydrogen) atoms. The highest BCUT2D eigenvalue weighted by atomic mass is 35.5. The average Bonchev–Trinajstić information content (AvgIpc) is 2.72. The van der Waals surface area contributed by atoms with Crippen molar-refractivity contribution in [3.63, 3.8) is 0 Å². The number of halogens is 3. The Morgan fingerprint density at radius 1 is 1.16 bits per heavy atom. The molecule has 1 unspecified atom stereocenters. The van der Waals surface area contributed by atoms with E-state index in [0.29, 0.717) is 26.9 Å². The molecule has 3 aromatic carbocycles. The molecule has 160 valence electrons. The normalized spacial score (nSPS) is 12.2.